The van der Waals surface area contributed by atoms with Crippen LogP contribution in [-0.2, 0) is 16.1 Å². The molecule has 0 bridgehead atoms. The molecule has 4 N–H and O–H groups in total. The standard InChI is InChI=1S/C29H27F6N7O5/c30-23-17(3-1-4-21(23)47-29(33,34)35)38-26(45)20-10-14-9-19(14)42(20)22(43)12-41-18-6-5-15(11-16(18)24(39-41)25(36)44)37-27(46)40-8-2-7-28(31,32)13-40/h1,3-6,11,14,19-20H,2,7-10,12-13H2,(H2,36,44)(H,37,46)(H,38,45)/t14-,19?,20+/m1/s1. The number of nitrogens with one attached hydrogen (secondary N) is 2. The molecule has 0 spiro atoms. The van der Waals surface area contributed by atoms with Crippen molar-refractivity contribution < 1.29 is 50.3 Å². The van der Waals surface area contributed by atoms with Crippen molar-refractivity contribution >= 4 is 46.0 Å². The first-order valence-electron chi connectivity index (χ1n) is 14.5. The lowest BCUT2D eigenvalue weighted by molar-refractivity contribution is -0.275. The molecule has 2 saturated heterocycles. The predicted octanol–water partition coefficient (Wildman–Crippen LogP) is 4.06. The molecule has 6 rings (SSSR count). The molecule has 47 heavy (non-hydrogen) atoms. The maximum Gasteiger partial charge on any atom is 0.573 e. The van der Waals surface area contributed by atoms with Gasteiger partial charge in [0, 0.05) is 30.1 Å². The lowest BCUT2D eigenvalue weighted by atomic mass is 10.1. The molecule has 5 amide bonds. The lowest BCUT2D eigenvalue weighted by Gasteiger charge is -2.32. The zero-order chi connectivity index (χ0) is 33.8. The van der Waals surface area contributed by atoms with Crippen molar-refractivity contribution in [2.45, 2.75) is 56.6 Å². The Morgan fingerprint density at radius 1 is 1.09 bits per heavy atom. The second kappa shape index (κ2) is 11.6. The Kier molecular flexibility index (Phi) is 7.91. The van der Waals surface area contributed by atoms with Crippen LogP contribution in [0.2, 0.25) is 0 Å². The van der Waals surface area contributed by atoms with Crippen LogP contribution in [0, 0.1) is 11.7 Å². The van der Waals surface area contributed by atoms with Crippen molar-refractivity contribution in [1.29, 1.82) is 0 Å². The third-order valence-electron chi connectivity index (χ3n) is 8.34. The van der Waals surface area contributed by atoms with Gasteiger partial charge in [0.25, 0.3) is 11.8 Å². The minimum atomic E-state index is -5.16. The lowest BCUT2D eigenvalue weighted by Crippen LogP contribution is -2.47. The van der Waals surface area contributed by atoms with Gasteiger partial charge in [0.15, 0.2) is 17.3 Å². The zero-order valence-corrected chi connectivity index (χ0v) is 24.3. The summed E-state index contributed by atoms with van der Waals surface area (Å²) in [5.41, 5.74) is 5.16. The van der Waals surface area contributed by atoms with E-state index in [1.807, 2.05) is 0 Å². The Balaban J connectivity index is 1.19. The van der Waals surface area contributed by atoms with E-state index in [0.717, 1.165) is 23.1 Å². The maximum absolute atomic E-state index is 14.7. The highest BCUT2D eigenvalue weighted by Crippen LogP contribution is 2.48. The van der Waals surface area contributed by atoms with Crippen LogP contribution in [0.1, 0.15) is 36.2 Å². The first-order chi connectivity index (χ1) is 22.1. The molecular formula is C29H27F6N7O5. The molecule has 0 radical (unpaired) electrons. The summed E-state index contributed by atoms with van der Waals surface area (Å²) in [5.74, 6) is -7.93. The normalized spacial score (nSPS) is 21.7. The molecule has 3 aromatic rings. The molecule has 12 nitrogen and oxygen atoms in total. The summed E-state index contributed by atoms with van der Waals surface area (Å²) in [5, 5.41) is 9.12. The molecule has 2 aromatic carbocycles. The number of likely N-dealkylation sites (tertiary alicyclic amines) is 2. The van der Waals surface area contributed by atoms with Gasteiger partial charge in [-0.1, -0.05) is 6.07 Å². The molecule has 1 unspecified atom stereocenters. The number of aromatic nitrogens is 2. The molecule has 1 saturated carbocycles. The minimum Gasteiger partial charge on any atom is -0.403 e. The number of hydrogen-bond donors (Lipinski definition) is 3. The summed E-state index contributed by atoms with van der Waals surface area (Å²) in [7, 11) is 0. The largest absolute Gasteiger partial charge is 0.573 e. The van der Waals surface area contributed by atoms with Gasteiger partial charge in [0.2, 0.25) is 11.8 Å². The highest BCUT2D eigenvalue weighted by atomic mass is 19.4. The average Bonchev–Trinajstić information content (AvgIpc) is 3.49. The molecule has 3 heterocycles. The Bertz CT molecular complexity index is 1780. The van der Waals surface area contributed by atoms with E-state index in [2.05, 4.69) is 20.5 Å². The predicted molar refractivity (Wildman–Crippen MR) is 152 cm³/mol. The highest BCUT2D eigenvalue weighted by Gasteiger charge is 2.56. The summed E-state index contributed by atoms with van der Waals surface area (Å²) >= 11 is 0. The Morgan fingerprint density at radius 3 is 2.55 bits per heavy atom. The molecule has 2 aliphatic heterocycles. The van der Waals surface area contributed by atoms with Crippen LogP contribution in [0.15, 0.2) is 36.4 Å². The highest BCUT2D eigenvalue weighted by molar-refractivity contribution is 6.06. The number of anilines is 2. The number of ether oxygens (including phenoxy) is 1. The van der Waals surface area contributed by atoms with Gasteiger partial charge in [-0.15, -0.1) is 13.2 Å². The topological polar surface area (TPSA) is 152 Å². The summed E-state index contributed by atoms with van der Waals surface area (Å²) in [6, 6.07) is 5.00. The number of alkyl halides is 5. The maximum atomic E-state index is 14.7. The number of piperidine rings is 2. The summed E-state index contributed by atoms with van der Waals surface area (Å²) in [6.07, 6.45) is -4.50. The van der Waals surface area contributed by atoms with Gasteiger partial charge in [-0.3, -0.25) is 19.1 Å². The monoisotopic (exact) mass is 667 g/mol. The van der Waals surface area contributed by atoms with Crippen LogP contribution in [0.25, 0.3) is 10.9 Å². The Morgan fingerprint density at radius 2 is 1.85 bits per heavy atom. The molecule has 18 heteroatoms. The minimum absolute atomic E-state index is 0.0130. The number of benzene rings is 2. The Labute approximate surface area is 261 Å². The summed E-state index contributed by atoms with van der Waals surface area (Å²) < 4.78 is 85.1. The van der Waals surface area contributed by atoms with E-state index in [9.17, 15) is 45.5 Å². The number of primary amides is 1. The number of carbonyl (C=O) groups excluding carboxylic acids is 4. The van der Waals surface area contributed by atoms with Gasteiger partial charge >= 0.3 is 12.4 Å². The fourth-order valence-corrected chi connectivity index (χ4v) is 6.19. The van der Waals surface area contributed by atoms with Crippen LogP contribution in [-0.4, -0.2) is 80.8 Å². The van der Waals surface area contributed by atoms with Gasteiger partial charge in [-0.25, -0.2) is 18.0 Å². The van der Waals surface area contributed by atoms with E-state index < -0.39 is 72.4 Å². The first-order valence-corrected chi connectivity index (χ1v) is 14.5. The fraction of sp³-hybridized carbons (Fsp3) is 0.414. The molecule has 3 aliphatic rings. The number of urea groups is 1. The average molecular weight is 668 g/mol. The van der Waals surface area contributed by atoms with Crippen molar-refractivity contribution in [1.82, 2.24) is 19.6 Å². The fourth-order valence-electron chi connectivity index (χ4n) is 6.19. The SMILES string of the molecule is NC(=O)c1nn(CC(=O)N2C3C[C@@H]3C[C@H]2C(=O)Nc2cccc(OC(F)(F)F)c2F)c2ccc(NC(=O)N3CCCC(F)(F)C3)cc12. The summed E-state index contributed by atoms with van der Waals surface area (Å²) in [6.45, 7) is -1.05. The zero-order valence-electron chi connectivity index (χ0n) is 24.3. The number of nitrogens with zero attached hydrogens (tertiary/aromatic N) is 4. The number of nitrogens with two attached hydrogens (primary N) is 1. The van der Waals surface area contributed by atoms with Gasteiger partial charge < -0.3 is 30.9 Å². The van der Waals surface area contributed by atoms with Gasteiger partial charge in [-0.2, -0.15) is 5.10 Å². The van der Waals surface area contributed by atoms with Gasteiger partial charge in [0.05, 0.1) is 17.7 Å². The van der Waals surface area contributed by atoms with Gasteiger partial charge in [-0.05, 0) is 55.5 Å². The van der Waals surface area contributed by atoms with Crippen molar-refractivity contribution in [3.05, 3.63) is 47.9 Å². The van der Waals surface area contributed by atoms with E-state index in [-0.39, 0.29) is 60.1 Å². The van der Waals surface area contributed by atoms with Crippen molar-refractivity contribution in [3.63, 3.8) is 0 Å². The van der Waals surface area contributed by atoms with Crippen molar-refractivity contribution in [2.75, 3.05) is 23.7 Å². The molecule has 1 aromatic heterocycles. The van der Waals surface area contributed by atoms with Gasteiger partial charge in [0.1, 0.15) is 12.6 Å². The number of halogens is 6. The van der Waals surface area contributed by atoms with Crippen molar-refractivity contribution in [2.24, 2.45) is 11.7 Å². The first kappa shape index (κ1) is 31.9. The number of amides is 5. The third kappa shape index (κ3) is 6.62. The van der Waals surface area contributed by atoms with Crippen LogP contribution >= 0.6 is 0 Å². The number of fused-ring (bicyclic) bond motifs is 2. The second-order valence-corrected chi connectivity index (χ2v) is 11.7. The van der Waals surface area contributed by atoms with E-state index in [1.54, 1.807) is 0 Å². The molecule has 3 fully saturated rings. The number of rotatable bonds is 7. The van der Waals surface area contributed by atoms with E-state index >= 15 is 0 Å². The smallest absolute Gasteiger partial charge is 0.403 e. The van der Waals surface area contributed by atoms with Crippen LogP contribution < -0.4 is 21.1 Å². The van der Waals surface area contributed by atoms with E-state index in [0.29, 0.717) is 6.42 Å². The number of hydrogen-bond acceptors (Lipinski definition) is 6. The second-order valence-electron chi connectivity index (χ2n) is 11.7. The van der Waals surface area contributed by atoms with E-state index in [4.69, 9.17) is 5.73 Å². The quantitative estimate of drug-likeness (QED) is 0.324. The number of carbonyl (C=O) groups is 4. The van der Waals surface area contributed by atoms with Crippen LogP contribution in [0.4, 0.5) is 42.5 Å². The van der Waals surface area contributed by atoms with Crippen molar-refractivity contribution in [3.8, 4) is 5.75 Å². The Hall–Kier alpha value is -5.03. The molecule has 3 atom stereocenters. The van der Waals surface area contributed by atoms with Crippen LogP contribution in [0.5, 0.6) is 5.75 Å². The molecule has 1 aliphatic carbocycles. The van der Waals surface area contributed by atoms with Crippen LogP contribution in [0.3, 0.4) is 0 Å². The molecule has 250 valence electrons. The third-order valence-corrected chi connectivity index (χ3v) is 8.34. The summed E-state index contributed by atoms with van der Waals surface area (Å²) in [4.78, 5) is 54.0. The van der Waals surface area contributed by atoms with E-state index in [1.165, 1.54) is 27.8 Å². The molecular weight excluding hydrogens is 640 g/mol.